The van der Waals surface area contributed by atoms with Crippen LogP contribution in [-0.2, 0) is 4.79 Å². The summed E-state index contributed by atoms with van der Waals surface area (Å²) in [6.45, 7) is 5.23. The molecule has 88 valence electrons. The second-order valence-corrected chi connectivity index (χ2v) is 4.39. The standard InChI is InChI=1S/C11H16N2O3/c1-2-10(14)12-6-8-4-3-5-13(11(15)16)9(8)7-12/h2,8-9H,1,3-7H2,(H,15,16). The Hall–Kier alpha value is -1.52. The number of rotatable bonds is 1. The van der Waals surface area contributed by atoms with Gasteiger partial charge in [0.2, 0.25) is 5.91 Å². The van der Waals surface area contributed by atoms with Gasteiger partial charge in [-0.3, -0.25) is 4.79 Å². The molecule has 2 aliphatic heterocycles. The summed E-state index contributed by atoms with van der Waals surface area (Å²) in [5, 5.41) is 9.07. The van der Waals surface area contributed by atoms with Gasteiger partial charge in [-0.25, -0.2) is 4.79 Å². The van der Waals surface area contributed by atoms with E-state index in [2.05, 4.69) is 6.58 Å². The molecule has 0 saturated carbocycles. The maximum Gasteiger partial charge on any atom is 0.407 e. The smallest absolute Gasteiger partial charge is 0.407 e. The Bertz CT molecular complexity index is 329. The minimum atomic E-state index is -0.873. The van der Waals surface area contributed by atoms with Crippen molar-refractivity contribution in [3.8, 4) is 0 Å². The van der Waals surface area contributed by atoms with Crippen LogP contribution in [0.3, 0.4) is 0 Å². The van der Waals surface area contributed by atoms with Crippen LogP contribution >= 0.6 is 0 Å². The molecule has 2 heterocycles. The lowest BCUT2D eigenvalue weighted by Gasteiger charge is -2.34. The van der Waals surface area contributed by atoms with Crippen molar-refractivity contribution in [2.45, 2.75) is 18.9 Å². The first-order valence-corrected chi connectivity index (χ1v) is 5.54. The van der Waals surface area contributed by atoms with Gasteiger partial charge in [0, 0.05) is 19.6 Å². The van der Waals surface area contributed by atoms with Crippen LogP contribution in [0.1, 0.15) is 12.8 Å². The summed E-state index contributed by atoms with van der Waals surface area (Å²) in [7, 11) is 0. The van der Waals surface area contributed by atoms with Gasteiger partial charge in [0.25, 0.3) is 0 Å². The van der Waals surface area contributed by atoms with Crippen molar-refractivity contribution in [3.63, 3.8) is 0 Å². The molecule has 16 heavy (non-hydrogen) atoms. The van der Waals surface area contributed by atoms with Crippen molar-refractivity contribution in [3.05, 3.63) is 12.7 Å². The molecule has 0 aliphatic carbocycles. The van der Waals surface area contributed by atoms with Gasteiger partial charge in [0.05, 0.1) is 6.04 Å². The number of amides is 2. The second-order valence-electron chi connectivity index (χ2n) is 4.39. The molecule has 2 aliphatic rings. The molecule has 0 radical (unpaired) electrons. The van der Waals surface area contributed by atoms with Crippen LogP contribution in [-0.4, -0.2) is 52.6 Å². The normalized spacial score (nSPS) is 28.8. The molecule has 2 saturated heterocycles. The fraction of sp³-hybridized carbons (Fsp3) is 0.636. The molecule has 0 spiro atoms. The van der Waals surface area contributed by atoms with Crippen LogP contribution < -0.4 is 0 Å². The maximum atomic E-state index is 11.5. The van der Waals surface area contributed by atoms with Crippen molar-refractivity contribution in [2.75, 3.05) is 19.6 Å². The molecular formula is C11H16N2O3. The number of carbonyl (C=O) groups excluding carboxylic acids is 1. The van der Waals surface area contributed by atoms with Gasteiger partial charge < -0.3 is 14.9 Å². The lowest BCUT2D eigenvalue weighted by Crippen LogP contribution is -2.47. The van der Waals surface area contributed by atoms with E-state index in [1.165, 1.54) is 11.0 Å². The Morgan fingerprint density at radius 2 is 2.12 bits per heavy atom. The van der Waals surface area contributed by atoms with Gasteiger partial charge in [-0.15, -0.1) is 0 Å². The van der Waals surface area contributed by atoms with E-state index in [0.29, 0.717) is 25.6 Å². The fourth-order valence-electron chi connectivity index (χ4n) is 2.73. The highest BCUT2D eigenvalue weighted by atomic mass is 16.4. The van der Waals surface area contributed by atoms with E-state index >= 15 is 0 Å². The number of likely N-dealkylation sites (tertiary alicyclic amines) is 2. The number of nitrogens with zero attached hydrogens (tertiary/aromatic N) is 2. The summed E-state index contributed by atoms with van der Waals surface area (Å²) >= 11 is 0. The third-order valence-corrected chi connectivity index (χ3v) is 3.51. The van der Waals surface area contributed by atoms with E-state index < -0.39 is 6.09 Å². The molecule has 2 rings (SSSR count). The van der Waals surface area contributed by atoms with Gasteiger partial charge in [-0.2, -0.15) is 0 Å². The van der Waals surface area contributed by atoms with Crippen molar-refractivity contribution >= 4 is 12.0 Å². The van der Waals surface area contributed by atoms with Crippen LogP contribution in [0.4, 0.5) is 4.79 Å². The van der Waals surface area contributed by atoms with Crippen LogP contribution in [0, 0.1) is 5.92 Å². The fourth-order valence-corrected chi connectivity index (χ4v) is 2.73. The molecular weight excluding hydrogens is 208 g/mol. The van der Waals surface area contributed by atoms with Gasteiger partial charge in [-0.1, -0.05) is 6.58 Å². The number of fused-ring (bicyclic) bond motifs is 1. The van der Waals surface area contributed by atoms with E-state index in [1.54, 1.807) is 4.90 Å². The molecule has 0 aromatic carbocycles. The van der Waals surface area contributed by atoms with Crippen molar-refractivity contribution in [1.82, 2.24) is 9.80 Å². The SMILES string of the molecule is C=CC(=O)N1CC2CCCN(C(=O)O)C2C1. The molecule has 0 bridgehead atoms. The molecule has 2 fully saturated rings. The van der Waals surface area contributed by atoms with Crippen molar-refractivity contribution in [1.29, 1.82) is 0 Å². The van der Waals surface area contributed by atoms with Crippen molar-refractivity contribution < 1.29 is 14.7 Å². The summed E-state index contributed by atoms with van der Waals surface area (Å²) in [6, 6.07) is -0.0184. The maximum absolute atomic E-state index is 11.5. The van der Waals surface area contributed by atoms with Crippen LogP contribution in [0.5, 0.6) is 0 Å². The largest absolute Gasteiger partial charge is 0.465 e. The van der Waals surface area contributed by atoms with Gasteiger partial charge in [0.1, 0.15) is 0 Å². The quantitative estimate of drug-likeness (QED) is 0.669. The zero-order valence-corrected chi connectivity index (χ0v) is 9.13. The first kappa shape index (κ1) is 11.0. The number of hydrogen-bond donors (Lipinski definition) is 1. The second kappa shape index (κ2) is 4.15. The molecule has 1 N–H and O–H groups in total. The van der Waals surface area contributed by atoms with Crippen LogP contribution in [0.15, 0.2) is 12.7 Å². The van der Waals surface area contributed by atoms with Gasteiger partial charge in [-0.05, 0) is 24.8 Å². The Balaban J connectivity index is 2.10. The molecule has 5 heteroatoms. The molecule has 2 atom stereocenters. The monoisotopic (exact) mass is 224 g/mol. The number of hydrogen-bond acceptors (Lipinski definition) is 2. The lowest BCUT2D eigenvalue weighted by molar-refractivity contribution is -0.125. The average Bonchev–Trinajstić information content (AvgIpc) is 2.70. The Kier molecular flexibility index (Phi) is 2.85. The van der Waals surface area contributed by atoms with E-state index in [-0.39, 0.29) is 11.9 Å². The summed E-state index contributed by atoms with van der Waals surface area (Å²) in [6.07, 6.45) is 2.32. The lowest BCUT2D eigenvalue weighted by atomic mass is 9.92. The zero-order valence-electron chi connectivity index (χ0n) is 9.13. The molecule has 5 nitrogen and oxygen atoms in total. The average molecular weight is 224 g/mol. The van der Waals surface area contributed by atoms with E-state index in [1.807, 2.05) is 0 Å². The highest BCUT2D eigenvalue weighted by molar-refractivity contribution is 5.87. The summed E-state index contributed by atoms with van der Waals surface area (Å²) < 4.78 is 0. The van der Waals surface area contributed by atoms with Gasteiger partial charge in [0.15, 0.2) is 0 Å². The van der Waals surface area contributed by atoms with E-state index in [4.69, 9.17) is 5.11 Å². The van der Waals surface area contributed by atoms with E-state index in [9.17, 15) is 9.59 Å². The topological polar surface area (TPSA) is 60.9 Å². The Morgan fingerprint density at radius 3 is 2.75 bits per heavy atom. The van der Waals surface area contributed by atoms with E-state index in [0.717, 1.165) is 12.8 Å². The third kappa shape index (κ3) is 1.77. The highest BCUT2D eigenvalue weighted by Crippen LogP contribution is 2.30. The Labute approximate surface area is 94.3 Å². The number of carboxylic acid groups (broad SMARTS) is 1. The molecule has 2 unspecified atom stereocenters. The summed E-state index contributed by atoms with van der Waals surface area (Å²) in [5.74, 6) is 0.202. The van der Waals surface area contributed by atoms with Crippen LogP contribution in [0.2, 0.25) is 0 Å². The zero-order chi connectivity index (χ0) is 11.7. The predicted octanol–water partition coefficient (Wildman–Crippen LogP) is 0.773. The van der Waals surface area contributed by atoms with Gasteiger partial charge >= 0.3 is 6.09 Å². The van der Waals surface area contributed by atoms with Crippen molar-refractivity contribution in [2.24, 2.45) is 5.92 Å². The first-order valence-electron chi connectivity index (χ1n) is 5.54. The molecule has 0 aromatic heterocycles. The number of carbonyl (C=O) groups is 2. The molecule has 2 amide bonds. The number of piperidine rings is 1. The minimum Gasteiger partial charge on any atom is -0.465 e. The minimum absolute atomic E-state index is 0.0184. The summed E-state index contributed by atoms with van der Waals surface area (Å²) in [5.41, 5.74) is 0. The first-order chi connectivity index (χ1) is 7.63. The molecule has 0 aromatic rings. The van der Waals surface area contributed by atoms with Crippen LogP contribution in [0.25, 0.3) is 0 Å². The third-order valence-electron chi connectivity index (χ3n) is 3.51. The highest BCUT2D eigenvalue weighted by Gasteiger charge is 2.41. The summed E-state index contributed by atoms with van der Waals surface area (Å²) in [4.78, 5) is 25.7. The predicted molar refractivity (Wildman–Crippen MR) is 58.0 cm³/mol. The Morgan fingerprint density at radius 1 is 1.38 bits per heavy atom.